The summed E-state index contributed by atoms with van der Waals surface area (Å²) in [4.78, 5) is 9.58. The second kappa shape index (κ2) is 12.3. The summed E-state index contributed by atoms with van der Waals surface area (Å²) in [7, 11) is 3.40. The highest BCUT2D eigenvalue weighted by atomic mass is 35.5. The number of hydrogen-bond acceptors (Lipinski definition) is 4. The van der Waals surface area contributed by atoms with Crippen molar-refractivity contribution in [1.82, 2.24) is 0 Å². The molecule has 6 heteroatoms. The molecule has 0 fully saturated rings. The molecule has 0 atom stereocenters. The van der Waals surface area contributed by atoms with Crippen LogP contribution in [0.5, 0.6) is 0 Å². The number of thioether (sulfide) groups is 1. The van der Waals surface area contributed by atoms with Crippen LogP contribution in [0.1, 0.15) is 6.92 Å². The molecule has 0 saturated carbocycles. The fourth-order valence-corrected chi connectivity index (χ4v) is 3.54. The summed E-state index contributed by atoms with van der Waals surface area (Å²) in [5.41, 5.74) is 2.91. The van der Waals surface area contributed by atoms with Crippen molar-refractivity contribution >= 4 is 39.9 Å². The highest BCUT2D eigenvalue weighted by molar-refractivity contribution is 8.17. The minimum Gasteiger partial charge on any atom is -0.378 e. The fraction of sp³-hybridized carbons (Fsp3) is 0.217. The number of hydrogen-bond donors (Lipinski definition) is 1. The van der Waals surface area contributed by atoms with Gasteiger partial charge in [0.05, 0.1) is 34.7 Å². The first-order valence-electron chi connectivity index (χ1n) is 9.15. The van der Waals surface area contributed by atoms with Crippen molar-refractivity contribution < 1.29 is 4.74 Å². The number of anilines is 1. The first-order chi connectivity index (χ1) is 14.0. The zero-order chi connectivity index (χ0) is 21.1. The average Bonchev–Trinajstić information content (AvgIpc) is 2.73. The van der Waals surface area contributed by atoms with Gasteiger partial charge in [-0.1, -0.05) is 84.6 Å². The molecule has 2 rings (SSSR count). The van der Waals surface area contributed by atoms with Crippen LogP contribution in [0.3, 0.4) is 0 Å². The molecule has 4 nitrogen and oxygen atoms in total. The maximum atomic E-state index is 6.61. The Labute approximate surface area is 182 Å². The van der Waals surface area contributed by atoms with Gasteiger partial charge in [0.25, 0.3) is 0 Å². The summed E-state index contributed by atoms with van der Waals surface area (Å²) in [5, 5.41) is 4.85. The minimum atomic E-state index is 0.484. The monoisotopic (exact) mass is 427 g/mol. The van der Waals surface area contributed by atoms with Gasteiger partial charge in [0.2, 0.25) is 0 Å². The Morgan fingerprint density at radius 3 is 2.66 bits per heavy atom. The summed E-state index contributed by atoms with van der Waals surface area (Å²) in [6, 6.07) is 16.0. The number of benzene rings is 2. The lowest BCUT2D eigenvalue weighted by Crippen LogP contribution is -2.08. The van der Waals surface area contributed by atoms with Gasteiger partial charge in [-0.15, -0.1) is 0 Å². The molecule has 0 amide bonds. The maximum absolute atomic E-state index is 6.61. The zero-order valence-corrected chi connectivity index (χ0v) is 18.6. The van der Waals surface area contributed by atoms with E-state index in [-0.39, 0.29) is 0 Å². The van der Waals surface area contributed by atoms with Gasteiger partial charge in [0.1, 0.15) is 0 Å². The van der Waals surface area contributed by atoms with Crippen molar-refractivity contribution in [3.8, 4) is 11.1 Å². The number of methoxy groups -OCH3 is 1. The summed E-state index contributed by atoms with van der Waals surface area (Å²) in [5.74, 6) is 0.787. The van der Waals surface area contributed by atoms with Crippen LogP contribution in [-0.4, -0.2) is 38.2 Å². The highest BCUT2D eigenvalue weighted by Crippen LogP contribution is 2.33. The average molecular weight is 428 g/mol. The quantitative estimate of drug-likeness (QED) is 0.305. The Bertz CT molecular complexity index is 908. The van der Waals surface area contributed by atoms with Crippen LogP contribution in [0.15, 0.2) is 82.2 Å². The number of amidine groups is 1. The van der Waals surface area contributed by atoms with Gasteiger partial charge in [-0.2, -0.15) is 0 Å². The summed E-state index contributed by atoms with van der Waals surface area (Å²) in [6.07, 6.45) is 3.90. The number of allylic oxidation sites excluding steroid dienone is 1. The normalized spacial score (nSPS) is 12.4. The largest absolute Gasteiger partial charge is 0.378 e. The summed E-state index contributed by atoms with van der Waals surface area (Å²) >= 11 is 8.11. The van der Waals surface area contributed by atoms with Gasteiger partial charge in [-0.05, 0) is 18.6 Å². The Kier molecular flexibility index (Phi) is 9.71. The second-order valence-corrected chi connectivity index (χ2v) is 7.68. The van der Waals surface area contributed by atoms with Gasteiger partial charge >= 0.3 is 0 Å². The molecule has 29 heavy (non-hydrogen) atoms. The molecule has 0 aliphatic heterocycles. The Morgan fingerprint density at radius 1 is 1.21 bits per heavy atom. The van der Waals surface area contributed by atoms with Crippen molar-refractivity contribution in [2.45, 2.75) is 6.92 Å². The molecule has 2 aromatic rings. The molecule has 0 saturated heterocycles. The third-order valence-electron chi connectivity index (χ3n) is 3.90. The lowest BCUT2D eigenvalue weighted by atomic mass is 10.1. The Hall–Kier alpha value is -2.34. The van der Waals surface area contributed by atoms with Gasteiger partial charge in [0, 0.05) is 24.6 Å². The third kappa shape index (κ3) is 7.54. The van der Waals surface area contributed by atoms with Crippen LogP contribution in [0.25, 0.3) is 11.1 Å². The first kappa shape index (κ1) is 22.9. The van der Waals surface area contributed by atoms with Gasteiger partial charge in [-0.3, -0.25) is 9.98 Å². The van der Waals surface area contributed by atoms with E-state index in [1.165, 1.54) is 11.8 Å². The predicted octanol–water partition coefficient (Wildman–Crippen LogP) is 6.32. The van der Waals surface area contributed by atoms with E-state index in [0.717, 1.165) is 32.6 Å². The number of aliphatic imine (C=N–C) groups is 2. The lowest BCUT2D eigenvalue weighted by Gasteiger charge is -2.11. The number of nitrogens with one attached hydrogen (secondary N) is 1. The molecule has 0 spiro atoms. The Balaban J connectivity index is 1.96. The van der Waals surface area contributed by atoms with E-state index < -0.39 is 0 Å². The molecule has 0 unspecified atom stereocenters. The summed E-state index contributed by atoms with van der Waals surface area (Å²) < 4.78 is 5.10. The molecule has 0 bridgehead atoms. The standard InChI is InChI=1S/C23H26ClN3OS/c1-17(29-22(25-3)16-28-4)10-9-15-26-18(2)27-21-14-8-13-20(23(21)24)19-11-6-5-7-12-19/h5-14H,1,15-16H2,2-4H3,(H,26,27)/b10-9-,25-22?. The second-order valence-electron chi connectivity index (χ2n) is 6.11. The topological polar surface area (TPSA) is 46.0 Å². The van der Waals surface area contributed by atoms with Crippen molar-refractivity contribution in [1.29, 1.82) is 0 Å². The lowest BCUT2D eigenvalue weighted by molar-refractivity contribution is 0.247. The van der Waals surface area contributed by atoms with Gasteiger partial charge in [0.15, 0.2) is 0 Å². The zero-order valence-electron chi connectivity index (χ0n) is 17.0. The van der Waals surface area contributed by atoms with E-state index in [2.05, 4.69) is 21.9 Å². The van der Waals surface area contributed by atoms with Crippen molar-refractivity contribution in [2.75, 3.05) is 32.6 Å². The minimum absolute atomic E-state index is 0.484. The van der Waals surface area contributed by atoms with Gasteiger partial charge in [-0.25, -0.2) is 0 Å². The van der Waals surface area contributed by atoms with Crippen molar-refractivity contribution in [3.63, 3.8) is 0 Å². The first-order valence-corrected chi connectivity index (χ1v) is 10.3. The van der Waals surface area contributed by atoms with Crippen LogP contribution < -0.4 is 5.32 Å². The molecular weight excluding hydrogens is 402 g/mol. The maximum Gasteiger partial charge on any atom is 0.0979 e. The third-order valence-corrected chi connectivity index (χ3v) is 5.24. The van der Waals surface area contributed by atoms with E-state index in [9.17, 15) is 0 Å². The van der Waals surface area contributed by atoms with Crippen LogP contribution in [0.4, 0.5) is 5.69 Å². The molecule has 2 aromatic carbocycles. The fourth-order valence-electron chi connectivity index (χ4n) is 2.53. The molecule has 0 heterocycles. The molecule has 0 aliphatic carbocycles. The van der Waals surface area contributed by atoms with Crippen molar-refractivity contribution in [3.05, 3.63) is 77.2 Å². The van der Waals surface area contributed by atoms with E-state index in [0.29, 0.717) is 18.2 Å². The predicted molar refractivity (Wildman–Crippen MR) is 130 cm³/mol. The highest BCUT2D eigenvalue weighted by Gasteiger charge is 2.08. The van der Waals surface area contributed by atoms with Crippen LogP contribution >= 0.6 is 23.4 Å². The number of rotatable bonds is 8. The van der Waals surface area contributed by atoms with Crippen LogP contribution in [0.2, 0.25) is 5.02 Å². The van der Waals surface area contributed by atoms with Crippen LogP contribution in [-0.2, 0) is 4.74 Å². The molecular formula is C23H26ClN3OS. The molecule has 1 N–H and O–H groups in total. The van der Waals surface area contributed by atoms with E-state index in [1.807, 2.05) is 67.6 Å². The van der Waals surface area contributed by atoms with Crippen LogP contribution in [0, 0.1) is 0 Å². The number of ether oxygens (including phenoxy) is 1. The summed E-state index contributed by atoms with van der Waals surface area (Å²) in [6.45, 7) is 6.96. The van der Waals surface area contributed by atoms with E-state index in [1.54, 1.807) is 14.2 Å². The smallest absolute Gasteiger partial charge is 0.0979 e. The molecule has 0 aromatic heterocycles. The van der Waals surface area contributed by atoms with E-state index in [4.69, 9.17) is 16.3 Å². The number of halogens is 1. The Morgan fingerprint density at radius 2 is 1.97 bits per heavy atom. The molecule has 0 aliphatic rings. The molecule has 0 radical (unpaired) electrons. The molecule has 152 valence electrons. The number of nitrogens with zero attached hydrogens (tertiary/aromatic N) is 2. The van der Waals surface area contributed by atoms with Crippen molar-refractivity contribution in [2.24, 2.45) is 9.98 Å². The van der Waals surface area contributed by atoms with E-state index >= 15 is 0 Å². The van der Waals surface area contributed by atoms with Gasteiger partial charge < -0.3 is 10.1 Å². The SMILES string of the molecule is C=C(/C=C\CN=C(C)Nc1cccc(-c2ccccc2)c1Cl)SC(COC)=NC.